The number of Topliss-reactive ketones (excluding diaryl/α,β-unsaturated/α-hetero) is 2. The minimum absolute atomic E-state index is 0.0225. The predicted octanol–water partition coefficient (Wildman–Crippen LogP) is 6.69. The van der Waals surface area contributed by atoms with Crippen molar-refractivity contribution in [2.24, 2.45) is 5.92 Å². The van der Waals surface area contributed by atoms with E-state index in [4.69, 9.17) is 18.9 Å². The van der Waals surface area contributed by atoms with Crippen LogP contribution in [0.2, 0.25) is 0 Å². The van der Waals surface area contributed by atoms with E-state index in [1.807, 2.05) is 12.1 Å². The summed E-state index contributed by atoms with van der Waals surface area (Å²) in [4.78, 5) is 80.6. The number of fused-ring (bicyclic) bond motifs is 5. The minimum atomic E-state index is -0.803. The number of piperidine rings is 1. The fourth-order valence-electron chi connectivity index (χ4n) is 7.16. The van der Waals surface area contributed by atoms with Crippen LogP contribution in [0.4, 0.5) is 9.59 Å². The molecule has 1 aliphatic carbocycles. The molecule has 272 valence electrons. The summed E-state index contributed by atoms with van der Waals surface area (Å²) >= 11 is 1.40. The molecule has 1 aromatic heterocycles. The molecule has 0 radical (unpaired) electrons. The van der Waals surface area contributed by atoms with E-state index in [9.17, 15) is 28.8 Å². The number of hydrogen-bond donors (Lipinski definition) is 0. The Hall–Kier alpha value is -4.52. The number of thiophene rings is 1. The lowest BCUT2D eigenvalue weighted by Gasteiger charge is -2.35. The van der Waals surface area contributed by atoms with Gasteiger partial charge in [0.25, 0.3) is 0 Å². The van der Waals surface area contributed by atoms with Gasteiger partial charge in [-0.1, -0.05) is 24.3 Å². The summed E-state index contributed by atoms with van der Waals surface area (Å²) in [6.45, 7) is 10.0. The third kappa shape index (κ3) is 7.88. The summed E-state index contributed by atoms with van der Waals surface area (Å²) in [5.74, 6) is -2.03. The molecule has 2 saturated heterocycles. The van der Waals surface area contributed by atoms with Gasteiger partial charge < -0.3 is 18.9 Å². The molecule has 3 fully saturated rings. The Balaban J connectivity index is 1.07. The van der Waals surface area contributed by atoms with Crippen molar-refractivity contribution < 1.29 is 47.7 Å². The first-order valence-corrected chi connectivity index (χ1v) is 18.2. The normalized spacial score (nSPS) is 21.6. The fourth-order valence-corrected chi connectivity index (χ4v) is 8.35. The van der Waals surface area contributed by atoms with Crippen LogP contribution in [0.15, 0.2) is 36.4 Å². The Morgan fingerprint density at radius 3 is 1.84 bits per heavy atom. The van der Waals surface area contributed by atoms with Crippen LogP contribution >= 0.6 is 11.3 Å². The number of rotatable bonds is 8. The second-order valence-electron chi connectivity index (χ2n) is 15.5. The third-order valence-corrected chi connectivity index (χ3v) is 10.5. The van der Waals surface area contributed by atoms with Crippen molar-refractivity contribution >= 4 is 67.2 Å². The van der Waals surface area contributed by atoms with Gasteiger partial charge in [0.2, 0.25) is 0 Å². The largest absolute Gasteiger partial charge is 0.456 e. The van der Waals surface area contributed by atoms with Gasteiger partial charge in [-0.3, -0.25) is 19.4 Å². The van der Waals surface area contributed by atoms with Crippen LogP contribution in [0, 0.1) is 5.92 Å². The number of carbonyl (C=O) groups is 6. The molecule has 13 heteroatoms. The smallest absolute Gasteiger partial charge is 0.411 e. The molecule has 1 saturated carbocycles. The lowest BCUT2D eigenvalue weighted by Crippen LogP contribution is -2.51. The number of amides is 2. The highest BCUT2D eigenvalue weighted by molar-refractivity contribution is 7.25. The van der Waals surface area contributed by atoms with Gasteiger partial charge in [-0.15, -0.1) is 11.3 Å². The maximum Gasteiger partial charge on any atom is 0.411 e. The number of carbonyl (C=O) groups excluding carboxylic acids is 6. The van der Waals surface area contributed by atoms with E-state index in [0.29, 0.717) is 36.9 Å². The van der Waals surface area contributed by atoms with E-state index in [1.54, 1.807) is 65.8 Å². The fraction of sp³-hybridized carbons (Fsp3) is 0.526. The Morgan fingerprint density at radius 1 is 0.725 bits per heavy atom. The molecule has 2 amide bonds. The van der Waals surface area contributed by atoms with E-state index in [1.165, 1.54) is 21.1 Å². The van der Waals surface area contributed by atoms with Crippen LogP contribution < -0.4 is 0 Å². The maximum absolute atomic E-state index is 13.2. The summed E-state index contributed by atoms with van der Waals surface area (Å²) in [7, 11) is 0. The lowest BCUT2D eigenvalue weighted by molar-refractivity contribution is -0.150. The molecule has 4 atom stereocenters. The zero-order valence-corrected chi connectivity index (χ0v) is 30.6. The highest BCUT2D eigenvalue weighted by Crippen LogP contribution is 2.43. The number of likely N-dealkylation sites (tertiary alicyclic amines) is 2. The van der Waals surface area contributed by atoms with Gasteiger partial charge in [-0.05, 0) is 91.7 Å². The molecule has 6 rings (SSSR count). The average Bonchev–Trinajstić information content (AvgIpc) is 3.86. The van der Waals surface area contributed by atoms with Crippen LogP contribution in [0.25, 0.3) is 20.2 Å². The van der Waals surface area contributed by atoms with Crippen LogP contribution in [-0.2, 0) is 28.5 Å². The van der Waals surface area contributed by atoms with Crippen molar-refractivity contribution in [3.8, 4) is 0 Å². The number of nitrogens with zero attached hydrogens (tertiary/aromatic N) is 2. The molecule has 3 aliphatic rings. The van der Waals surface area contributed by atoms with E-state index in [0.717, 1.165) is 33.0 Å². The molecule has 0 spiro atoms. The van der Waals surface area contributed by atoms with E-state index in [2.05, 4.69) is 0 Å². The van der Waals surface area contributed by atoms with Crippen molar-refractivity contribution in [1.29, 1.82) is 0 Å². The van der Waals surface area contributed by atoms with Gasteiger partial charge in [0.05, 0.1) is 0 Å². The maximum atomic E-state index is 13.2. The Bertz CT molecular complexity index is 1900. The molecule has 4 unspecified atom stereocenters. The van der Waals surface area contributed by atoms with Gasteiger partial charge in [-0.2, -0.15) is 0 Å². The highest BCUT2D eigenvalue weighted by atomic mass is 32.1. The first kappa shape index (κ1) is 36.3. The molecular weight excluding hydrogens is 676 g/mol. The van der Waals surface area contributed by atoms with E-state index in [-0.39, 0.29) is 23.5 Å². The summed E-state index contributed by atoms with van der Waals surface area (Å²) in [6, 6.07) is 8.81. The first-order chi connectivity index (χ1) is 24.0. The van der Waals surface area contributed by atoms with Crippen molar-refractivity contribution in [1.82, 2.24) is 9.80 Å². The quantitative estimate of drug-likeness (QED) is 0.140. The van der Waals surface area contributed by atoms with Crippen molar-refractivity contribution in [3.05, 3.63) is 47.5 Å². The molecule has 3 aromatic rings. The van der Waals surface area contributed by atoms with Crippen LogP contribution in [-0.4, -0.2) is 94.6 Å². The molecule has 0 N–H and O–H groups in total. The Kier molecular flexibility index (Phi) is 9.88. The summed E-state index contributed by atoms with van der Waals surface area (Å²) < 4.78 is 23.4. The average molecular weight is 721 g/mol. The lowest BCUT2D eigenvalue weighted by atomic mass is 9.99. The van der Waals surface area contributed by atoms with Gasteiger partial charge in [0.1, 0.15) is 23.3 Å². The van der Waals surface area contributed by atoms with Crippen LogP contribution in [0.5, 0.6) is 0 Å². The van der Waals surface area contributed by atoms with E-state index >= 15 is 0 Å². The second kappa shape index (κ2) is 13.9. The summed E-state index contributed by atoms with van der Waals surface area (Å²) in [6.07, 6.45) is 2.26. The molecular formula is C38H44N2O10S. The number of hydrogen-bond acceptors (Lipinski definition) is 11. The van der Waals surface area contributed by atoms with Gasteiger partial charge in [-0.25, -0.2) is 19.2 Å². The van der Waals surface area contributed by atoms with Gasteiger partial charge in [0, 0.05) is 43.9 Å². The summed E-state index contributed by atoms with van der Waals surface area (Å²) in [5.41, 5.74) is -0.676. The van der Waals surface area contributed by atoms with Gasteiger partial charge in [0.15, 0.2) is 24.8 Å². The van der Waals surface area contributed by atoms with Crippen molar-refractivity contribution in [2.45, 2.75) is 103 Å². The first-order valence-electron chi connectivity index (χ1n) is 17.4. The number of esters is 2. The topological polar surface area (TPSA) is 146 Å². The predicted molar refractivity (Wildman–Crippen MR) is 189 cm³/mol. The molecule has 51 heavy (non-hydrogen) atoms. The number of benzene rings is 2. The summed E-state index contributed by atoms with van der Waals surface area (Å²) in [5, 5.41) is 1.79. The molecule has 12 nitrogen and oxygen atoms in total. The number of ether oxygens (including phenoxy) is 4. The zero-order chi connectivity index (χ0) is 36.8. The third-order valence-electron chi connectivity index (χ3n) is 9.39. The molecule has 3 heterocycles. The number of ketones is 2. The molecule has 2 bridgehead atoms. The minimum Gasteiger partial charge on any atom is -0.456 e. The zero-order valence-electron chi connectivity index (χ0n) is 29.8. The Morgan fingerprint density at radius 2 is 1.27 bits per heavy atom. The van der Waals surface area contributed by atoms with Gasteiger partial charge >= 0.3 is 24.1 Å². The highest BCUT2D eigenvalue weighted by Gasteiger charge is 2.53. The van der Waals surface area contributed by atoms with Crippen LogP contribution in [0.1, 0.15) is 94.4 Å². The van der Waals surface area contributed by atoms with Crippen LogP contribution in [0.3, 0.4) is 0 Å². The Labute approximate surface area is 300 Å². The molecule has 2 aliphatic heterocycles. The standard InChI is InChI=1S/C38H44N2O10S/c1-37(2,3)49-35(45)39-15-7-8-27(39)33(43)47-19-28(41)21-10-13-25-26-14-11-22(18-31(26)51-30(25)17-21)29(42)20-48-34(44)32-23-9-12-24(16-23)40(32)36(46)50-38(4,5)6/h10-11,13-14,17-18,23-24,27,32H,7-9,12,15-16,19-20H2,1-6H3. The second-order valence-corrected chi connectivity index (χ2v) is 16.6. The van der Waals surface area contributed by atoms with Crippen molar-refractivity contribution in [2.75, 3.05) is 19.8 Å². The monoisotopic (exact) mass is 720 g/mol. The van der Waals surface area contributed by atoms with Crippen molar-refractivity contribution in [3.63, 3.8) is 0 Å². The van der Waals surface area contributed by atoms with E-state index < -0.39 is 60.6 Å². The SMILES string of the molecule is CC(C)(C)OC(=O)N1CCCC1C(=O)OCC(=O)c1ccc2c(c1)sc1cc(C(=O)COC(=O)C3C4CCC(C4)N3C(=O)OC(C)(C)C)ccc12. The molecule has 2 aromatic carbocycles.